The summed E-state index contributed by atoms with van der Waals surface area (Å²) in [4.78, 5) is 0. The number of hydrogen-bond acceptors (Lipinski definition) is 1. The van der Waals surface area contributed by atoms with Gasteiger partial charge in [0.15, 0.2) is 0 Å². The average molecular weight is 189 g/mol. The minimum absolute atomic E-state index is 0.352. The van der Waals surface area contributed by atoms with Crippen LogP contribution in [0.25, 0.3) is 0 Å². The zero-order chi connectivity index (χ0) is 9.14. The second-order valence-corrected chi connectivity index (χ2v) is 3.20. The molecule has 1 aromatic rings. The van der Waals surface area contributed by atoms with E-state index in [9.17, 15) is 4.39 Å². The average Bonchev–Trinajstić information content (AvgIpc) is 1.94. The minimum Gasteiger partial charge on any atom is -0.393 e. The fourth-order valence-electron chi connectivity index (χ4n) is 1.01. The van der Waals surface area contributed by atoms with Crippen LogP contribution in [0.2, 0.25) is 5.02 Å². The van der Waals surface area contributed by atoms with Crippen molar-refractivity contribution in [2.45, 2.75) is 19.4 Å². The molecule has 1 aromatic carbocycles. The van der Waals surface area contributed by atoms with Gasteiger partial charge in [-0.05, 0) is 31.0 Å². The van der Waals surface area contributed by atoms with Gasteiger partial charge in [-0.2, -0.15) is 0 Å². The lowest BCUT2D eigenvalue weighted by Crippen LogP contribution is -2.04. The highest BCUT2D eigenvalue weighted by atomic mass is 35.5. The van der Waals surface area contributed by atoms with Gasteiger partial charge in [0.1, 0.15) is 5.82 Å². The highest BCUT2D eigenvalue weighted by Gasteiger charge is 2.04. The third-order valence-electron chi connectivity index (χ3n) is 1.53. The molecule has 0 aromatic heterocycles. The zero-order valence-corrected chi connectivity index (χ0v) is 7.48. The number of rotatable bonds is 2. The molecule has 0 radical (unpaired) electrons. The van der Waals surface area contributed by atoms with E-state index in [2.05, 4.69) is 0 Å². The molecule has 1 rings (SSSR count). The van der Waals surface area contributed by atoms with Crippen molar-refractivity contribution in [1.82, 2.24) is 0 Å². The Morgan fingerprint density at radius 1 is 1.58 bits per heavy atom. The van der Waals surface area contributed by atoms with Gasteiger partial charge in [0.05, 0.1) is 6.10 Å². The van der Waals surface area contributed by atoms with E-state index in [4.69, 9.17) is 16.7 Å². The van der Waals surface area contributed by atoms with Gasteiger partial charge < -0.3 is 5.11 Å². The molecule has 12 heavy (non-hydrogen) atoms. The standard InChI is InChI=1S/C9H10ClFO/c1-6(12)4-7-2-3-8(11)5-9(7)10/h2-3,5-6,12H,4H2,1H3. The SMILES string of the molecule is CC(O)Cc1ccc(F)cc1Cl. The van der Waals surface area contributed by atoms with Gasteiger partial charge in [0, 0.05) is 5.02 Å². The Morgan fingerprint density at radius 2 is 2.25 bits per heavy atom. The molecule has 0 bridgehead atoms. The molecule has 0 aliphatic heterocycles. The molecule has 66 valence electrons. The number of hydrogen-bond donors (Lipinski definition) is 1. The van der Waals surface area contributed by atoms with Gasteiger partial charge in [-0.1, -0.05) is 17.7 Å². The van der Waals surface area contributed by atoms with E-state index in [0.717, 1.165) is 5.56 Å². The summed E-state index contributed by atoms with van der Waals surface area (Å²) in [5.74, 6) is -0.352. The monoisotopic (exact) mass is 188 g/mol. The van der Waals surface area contributed by atoms with E-state index < -0.39 is 6.10 Å². The van der Waals surface area contributed by atoms with E-state index in [1.165, 1.54) is 12.1 Å². The lowest BCUT2D eigenvalue weighted by atomic mass is 10.1. The Hall–Kier alpha value is -0.600. The molecule has 3 heteroatoms. The second kappa shape index (κ2) is 3.87. The van der Waals surface area contributed by atoms with Crippen LogP contribution in [0.1, 0.15) is 12.5 Å². The van der Waals surface area contributed by atoms with E-state index in [-0.39, 0.29) is 5.82 Å². The Balaban J connectivity index is 2.86. The molecule has 0 aliphatic carbocycles. The first kappa shape index (κ1) is 9.49. The lowest BCUT2D eigenvalue weighted by molar-refractivity contribution is 0.195. The van der Waals surface area contributed by atoms with Crippen LogP contribution in [-0.4, -0.2) is 11.2 Å². The van der Waals surface area contributed by atoms with Gasteiger partial charge in [-0.15, -0.1) is 0 Å². The number of aliphatic hydroxyl groups is 1. The van der Waals surface area contributed by atoms with Crippen LogP contribution in [0.15, 0.2) is 18.2 Å². The van der Waals surface area contributed by atoms with Crippen molar-refractivity contribution in [3.05, 3.63) is 34.6 Å². The Morgan fingerprint density at radius 3 is 2.75 bits per heavy atom. The largest absolute Gasteiger partial charge is 0.393 e. The predicted molar refractivity (Wildman–Crippen MR) is 46.8 cm³/mol. The maximum absolute atomic E-state index is 12.5. The molecule has 0 heterocycles. The van der Waals surface area contributed by atoms with Crippen molar-refractivity contribution < 1.29 is 9.50 Å². The molecule has 0 spiro atoms. The first-order valence-corrected chi connectivity index (χ1v) is 4.09. The van der Waals surface area contributed by atoms with Gasteiger partial charge >= 0.3 is 0 Å². The maximum atomic E-state index is 12.5. The van der Waals surface area contributed by atoms with Crippen molar-refractivity contribution in [1.29, 1.82) is 0 Å². The van der Waals surface area contributed by atoms with E-state index in [1.54, 1.807) is 13.0 Å². The van der Waals surface area contributed by atoms with Crippen molar-refractivity contribution in [2.75, 3.05) is 0 Å². The molecular weight excluding hydrogens is 179 g/mol. The van der Waals surface area contributed by atoms with Crippen LogP contribution in [0, 0.1) is 5.82 Å². The summed E-state index contributed by atoms with van der Waals surface area (Å²) in [7, 11) is 0. The summed E-state index contributed by atoms with van der Waals surface area (Å²) in [6, 6.07) is 4.17. The van der Waals surface area contributed by atoms with Gasteiger partial charge in [0.2, 0.25) is 0 Å². The van der Waals surface area contributed by atoms with Crippen LogP contribution < -0.4 is 0 Å². The van der Waals surface area contributed by atoms with Crippen molar-refractivity contribution in [3.8, 4) is 0 Å². The summed E-state index contributed by atoms with van der Waals surface area (Å²) in [6.45, 7) is 1.67. The summed E-state index contributed by atoms with van der Waals surface area (Å²) in [6.07, 6.45) is 0.00649. The van der Waals surface area contributed by atoms with Gasteiger partial charge in [0.25, 0.3) is 0 Å². The number of halogens is 2. The van der Waals surface area contributed by atoms with E-state index >= 15 is 0 Å². The normalized spacial score (nSPS) is 13.0. The van der Waals surface area contributed by atoms with Crippen LogP contribution in [-0.2, 0) is 6.42 Å². The quantitative estimate of drug-likeness (QED) is 0.756. The van der Waals surface area contributed by atoms with Crippen LogP contribution in [0.3, 0.4) is 0 Å². The van der Waals surface area contributed by atoms with E-state index in [1.807, 2.05) is 0 Å². The Kier molecular flexibility index (Phi) is 3.06. The number of aliphatic hydroxyl groups excluding tert-OH is 1. The van der Waals surface area contributed by atoms with Crippen LogP contribution in [0.5, 0.6) is 0 Å². The summed E-state index contributed by atoms with van der Waals surface area (Å²) in [5.41, 5.74) is 0.771. The fraction of sp³-hybridized carbons (Fsp3) is 0.333. The highest BCUT2D eigenvalue weighted by molar-refractivity contribution is 6.31. The third-order valence-corrected chi connectivity index (χ3v) is 1.88. The molecule has 0 saturated heterocycles. The Labute approximate surface area is 75.8 Å². The topological polar surface area (TPSA) is 20.2 Å². The van der Waals surface area contributed by atoms with Crippen LogP contribution in [0.4, 0.5) is 4.39 Å². The fourth-order valence-corrected chi connectivity index (χ4v) is 1.25. The Bertz CT molecular complexity index is 273. The molecule has 1 nitrogen and oxygen atoms in total. The van der Waals surface area contributed by atoms with Crippen molar-refractivity contribution in [3.63, 3.8) is 0 Å². The summed E-state index contributed by atoms with van der Waals surface area (Å²) in [5, 5.41) is 9.42. The lowest BCUT2D eigenvalue weighted by Gasteiger charge is -2.05. The molecule has 0 saturated carbocycles. The smallest absolute Gasteiger partial charge is 0.124 e. The maximum Gasteiger partial charge on any atom is 0.124 e. The molecule has 1 N–H and O–H groups in total. The first-order valence-electron chi connectivity index (χ1n) is 3.71. The highest BCUT2D eigenvalue weighted by Crippen LogP contribution is 2.18. The summed E-state index contributed by atoms with van der Waals surface area (Å²) < 4.78 is 12.5. The number of benzene rings is 1. The van der Waals surface area contributed by atoms with Crippen molar-refractivity contribution >= 4 is 11.6 Å². The predicted octanol–water partition coefficient (Wildman–Crippen LogP) is 2.40. The molecule has 1 atom stereocenters. The molecular formula is C9H10ClFO. The van der Waals surface area contributed by atoms with Crippen molar-refractivity contribution in [2.24, 2.45) is 0 Å². The second-order valence-electron chi connectivity index (χ2n) is 2.79. The molecule has 0 fully saturated rings. The molecule has 0 aliphatic rings. The minimum atomic E-state index is -0.451. The zero-order valence-electron chi connectivity index (χ0n) is 6.72. The first-order chi connectivity index (χ1) is 5.59. The third kappa shape index (κ3) is 2.47. The molecule has 0 amide bonds. The van der Waals surface area contributed by atoms with Gasteiger partial charge in [-0.25, -0.2) is 4.39 Å². The van der Waals surface area contributed by atoms with Crippen LogP contribution >= 0.6 is 11.6 Å². The van der Waals surface area contributed by atoms with E-state index in [0.29, 0.717) is 11.4 Å². The molecule has 1 unspecified atom stereocenters. The summed E-state index contributed by atoms with van der Waals surface area (Å²) >= 11 is 5.72. The van der Waals surface area contributed by atoms with Gasteiger partial charge in [-0.3, -0.25) is 0 Å².